The van der Waals surface area contributed by atoms with Gasteiger partial charge in [0, 0.05) is 12.0 Å². The summed E-state index contributed by atoms with van der Waals surface area (Å²) in [5, 5.41) is 2.41. The molecule has 1 amide bonds. The van der Waals surface area contributed by atoms with Crippen LogP contribution < -0.4 is 5.32 Å². The Bertz CT molecular complexity index is 250. The molecule has 0 radical (unpaired) electrons. The third-order valence-corrected chi connectivity index (χ3v) is 1.52. The van der Waals surface area contributed by atoms with E-state index in [0.717, 1.165) is 0 Å². The van der Waals surface area contributed by atoms with Crippen molar-refractivity contribution in [1.29, 1.82) is 0 Å². The molecule has 0 heterocycles. The summed E-state index contributed by atoms with van der Waals surface area (Å²) >= 11 is 0. The van der Waals surface area contributed by atoms with Gasteiger partial charge in [-0.15, -0.1) is 0 Å². The van der Waals surface area contributed by atoms with E-state index in [-0.39, 0.29) is 6.61 Å². The van der Waals surface area contributed by atoms with Gasteiger partial charge in [-0.25, -0.2) is 9.59 Å². The van der Waals surface area contributed by atoms with Crippen LogP contribution in [0.15, 0.2) is 12.2 Å². The Kier molecular flexibility index (Phi) is 6.17. The third kappa shape index (κ3) is 5.72. The predicted molar refractivity (Wildman–Crippen MR) is 55.1 cm³/mol. The molecule has 0 aliphatic carbocycles. The number of nitrogens with one attached hydrogen (secondary N) is 1. The first kappa shape index (κ1) is 13.5. The molecule has 1 N–H and O–H groups in total. The number of alkyl carbamates (subject to hydrolysis) is 1. The van der Waals surface area contributed by atoms with Crippen LogP contribution in [-0.4, -0.2) is 24.9 Å². The molecule has 0 fully saturated rings. The molecular weight excluding hydrogens is 198 g/mol. The van der Waals surface area contributed by atoms with Crippen molar-refractivity contribution in [3.8, 4) is 0 Å². The maximum Gasteiger partial charge on any atom is 0.409 e. The Hall–Kier alpha value is -1.52. The molecule has 5 heteroatoms. The Morgan fingerprint density at radius 3 is 2.40 bits per heavy atom. The predicted octanol–water partition coefficient (Wildman–Crippen LogP) is 1.59. The summed E-state index contributed by atoms with van der Waals surface area (Å²) in [5.41, 5.74) is 0.291. The van der Waals surface area contributed by atoms with Crippen LogP contribution in [0, 0.1) is 0 Å². The Morgan fingerprint density at radius 1 is 1.40 bits per heavy atom. The van der Waals surface area contributed by atoms with E-state index >= 15 is 0 Å². The average molecular weight is 215 g/mol. The highest BCUT2D eigenvalue weighted by Crippen LogP contribution is 2.00. The van der Waals surface area contributed by atoms with Gasteiger partial charge in [0.1, 0.15) is 0 Å². The summed E-state index contributed by atoms with van der Waals surface area (Å²) < 4.78 is 9.58. The normalized spacial score (nSPS) is 11.4. The number of esters is 1. The van der Waals surface area contributed by atoms with Crippen LogP contribution in [0.5, 0.6) is 0 Å². The lowest BCUT2D eigenvalue weighted by atomic mass is 10.3. The van der Waals surface area contributed by atoms with Gasteiger partial charge >= 0.3 is 12.1 Å². The van der Waals surface area contributed by atoms with E-state index in [4.69, 9.17) is 4.74 Å². The lowest BCUT2D eigenvalue weighted by molar-refractivity contribution is -0.145. The fraction of sp³-hybridized carbons (Fsp3) is 0.600. The van der Waals surface area contributed by atoms with Crippen LogP contribution in [0.3, 0.4) is 0 Å². The van der Waals surface area contributed by atoms with Gasteiger partial charge in [0.25, 0.3) is 0 Å². The number of amides is 1. The summed E-state index contributed by atoms with van der Waals surface area (Å²) in [7, 11) is 0. The van der Waals surface area contributed by atoms with Gasteiger partial charge in [-0.1, -0.05) is 13.5 Å². The molecule has 0 rings (SSSR count). The van der Waals surface area contributed by atoms with Crippen molar-refractivity contribution in [3.05, 3.63) is 12.2 Å². The van der Waals surface area contributed by atoms with Crippen LogP contribution in [0.25, 0.3) is 0 Å². The number of ether oxygens (including phenoxy) is 2. The third-order valence-electron chi connectivity index (χ3n) is 1.52. The first-order valence-corrected chi connectivity index (χ1v) is 4.81. The average Bonchev–Trinajstić information content (AvgIpc) is 2.16. The standard InChI is InChI=1S/C10H17NO4/c1-5-8(11-10(13)14-6-2)15-9(12)7(3)4/h8H,3,5-6H2,1-2,4H3,(H,11,13). The van der Waals surface area contributed by atoms with Gasteiger partial charge in [0.05, 0.1) is 6.61 Å². The highest BCUT2D eigenvalue weighted by molar-refractivity contribution is 5.87. The maximum absolute atomic E-state index is 11.1. The molecule has 0 aliphatic heterocycles. The minimum Gasteiger partial charge on any atom is -0.450 e. The minimum atomic E-state index is -0.673. The van der Waals surface area contributed by atoms with Gasteiger partial charge in [0.15, 0.2) is 6.23 Å². The summed E-state index contributed by atoms with van der Waals surface area (Å²) in [6.07, 6.45) is -0.801. The summed E-state index contributed by atoms with van der Waals surface area (Å²) in [4.78, 5) is 22.2. The van der Waals surface area contributed by atoms with Gasteiger partial charge in [-0.2, -0.15) is 0 Å². The molecule has 0 aromatic carbocycles. The fourth-order valence-corrected chi connectivity index (χ4v) is 0.749. The SMILES string of the molecule is C=C(C)C(=O)OC(CC)NC(=O)OCC. The number of rotatable bonds is 5. The topological polar surface area (TPSA) is 64.6 Å². The van der Waals surface area contributed by atoms with Crippen LogP contribution >= 0.6 is 0 Å². The molecule has 0 saturated carbocycles. The quantitative estimate of drug-likeness (QED) is 0.429. The number of hydrogen-bond acceptors (Lipinski definition) is 4. The molecule has 0 aromatic heterocycles. The molecule has 86 valence electrons. The first-order valence-electron chi connectivity index (χ1n) is 4.81. The molecule has 0 bridgehead atoms. The fourth-order valence-electron chi connectivity index (χ4n) is 0.749. The molecule has 0 spiro atoms. The van der Waals surface area contributed by atoms with E-state index in [2.05, 4.69) is 16.6 Å². The second kappa shape index (κ2) is 6.86. The van der Waals surface area contributed by atoms with E-state index in [1.165, 1.54) is 0 Å². The second-order valence-corrected chi connectivity index (χ2v) is 2.95. The first-order chi connectivity index (χ1) is 7.01. The van der Waals surface area contributed by atoms with Crippen molar-refractivity contribution in [2.75, 3.05) is 6.61 Å². The molecule has 0 saturated heterocycles. The lowest BCUT2D eigenvalue weighted by Crippen LogP contribution is -2.38. The van der Waals surface area contributed by atoms with E-state index in [1.54, 1.807) is 20.8 Å². The van der Waals surface area contributed by atoms with Crippen LogP contribution in [0.1, 0.15) is 27.2 Å². The van der Waals surface area contributed by atoms with Gasteiger partial charge in [0.2, 0.25) is 0 Å². The zero-order valence-corrected chi connectivity index (χ0v) is 9.33. The van der Waals surface area contributed by atoms with Crippen molar-refractivity contribution in [2.45, 2.75) is 33.4 Å². The van der Waals surface area contributed by atoms with E-state index in [0.29, 0.717) is 12.0 Å². The van der Waals surface area contributed by atoms with Crippen LogP contribution in [0.2, 0.25) is 0 Å². The molecule has 15 heavy (non-hydrogen) atoms. The maximum atomic E-state index is 11.1. The molecule has 0 aromatic rings. The Morgan fingerprint density at radius 2 is 2.00 bits per heavy atom. The zero-order chi connectivity index (χ0) is 11.8. The highest BCUT2D eigenvalue weighted by Gasteiger charge is 2.15. The van der Waals surface area contributed by atoms with Crippen molar-refractivity contribution < 1.29 is 19.1 Å². The smallest absolute Gasteiger partial charge is 0.409 e. The largest absolute Gasteiger partial charge is 0.450 e. The van der Waals surface area contributed by atoms with Gasteiger partial charge in [-0.05, 0) is 13.8 Å². The van der Waals surface area contributed by atoms with E-state index < -0.39 is 18.3 Å². The lowest BCUT2D eigenvalue weighted by Gasteiger charge is -2.17. The number of carbonyl (C=O) groups excluding carboxylic acids is 2. The summed E-state index contributed by atoms with van der Waals surface area (Å²) in [5.74, 6) is -0.529. The minimum absolute atomic E-state index is 0.275. The molecular formula is C10H17NO4. The van der Waals surface area contributed by atoms with Gasteiger partial charge < -0.3 is 9.47 Å². The summed E-state index contributed by atoms with van der Waals surface area (Å²) in [6, 6.07) is 0. The monoisotopic (exact) mass is 215 g/mol. The number of hydrogen-bond donors (Lipinski definition) is 1. The zero-order valence-electron chi connectivity index (χ0n) is 9.33. The van der Waals surface area contributed by atoms with E-state index in [1.807, 2.05) is 0 Å². The van der Waals surface area contributed by atoms with Crippen molar-refractivity contribution in [1.82, 2.24) is 5.32 Å². The van der Waals surface area contributed by atoms with Crippen LogP contribution in [0.4, 0.5) is 4.79 Å². The molecule has 1 atom stereocenters. The van der Waals surface area contributed by atoms with E-state index in [9.17, 15) is 9.59 Å². The molecule has 5 nitrogen and oxygen atoms in total. The molecule has 0 aliphatic rings. The van der Waals surface area contributed by atoms with Gasteiger partial charge in [-0.3, -0.25) is 5.32 Å². The summed E-state index contributed by atoms with van der Waals surface area (Å²) in [6.45, 7) is 8.73. The molecule has 1 unspecified atom stereocenters. The van der Waals surface area contributed by atoms with Crippen molar-refractivity contribution in [3.63, 3.8) is 0 Å². The van der Waals surface area contributed by atoms with Crippen molar-refractivity contribution >= 4 is 12.1 Å². The van der Waals surface area contributed by atoms with Crippen molar-refractivity contribution in [2.24, 2.45) is 0 Å². The highest BCUT2D eigenvalue weighted by atomic mass is 16.6. The van der Waals surface area contributed by atoms with Crippen LogP contribution in [-0.2, 0) is 14.3 Å². The Labute approximate surface area is 89.4 Å². The Balaban J connectivity index is 4.08. The second-order valence-electron chi connectivity index (χ2n) is 2.95. The number of carbonyl (C=O) groups is 2.